The third-order valence-electron chi connectivity index (χ3n) is 4.12. The quantitative estimate of drug-likeness (QED) is 0.588. The molecule has 1 aliphatic carbocycles. The highest BCUT2D eigenvalue weighted by atomic mass is 32.2. The zero-order valence-electron chi connectivity index (χ0n) is 12.1. The van der Waals surface area contributed by atoms with E-state index < -0.39 is 0 Å². The first-order chi connectivity index (χ1) is 9.75. The van der Waals surface area contributed by atoms with Crippen LogP contribution in [0.1, 0.15) is 61.7 Å². The number of hydrogen-bond donors (Lipinski definition) is 1. The van der Waals surface area contributed by atoms with Gasteiger partial charge in [-0.3, -0.25) is 4.79 Å². The number of carbonyl (C=O) groups excluding carboxylic acids is 1. The summed E-state index contributed by atoms with van der Waals surface area (Å²) in [7, 11) is 0. The second-order valence-electron chi connectivity index (χ2n) is 5.74. The van der Waals surface area contributed by atoms with Gasteiger partial charge < -0.3 is 5.73 Å². The molecule has 1 amide bonds. The van der Waals surface area contributed by atoms with Gasteiger partial charge in [0.1, 0.15) is 0 Å². The molecule has 1 aromatic rings. The summed E-state index contributed by atoms with van der Waals surface area (Å²) in [5.41, 5.74) is 5.90. The van der Waals surface area contributed by atoms with Crippen LogP contribution in [0.4, 0.5) is 0 Å². The van der Waals surface area contributed by atoms with Gasteiger partial charge in [0.2, 0.25) is 5.91 Å². The summed E-state index contributed by atoms with van der Waals surface area (Å²) in [5.74, 6) is 1.78. The standard InChI is InChI=1S/C17H25NOS/c18-17(19)15-10-6-11-16(13-15)20-12-5-4-9-14-7-2-1-3-8-14/h6,10-11,13-14H,1-5,7-9,12H2,(H2,18,19). The first kappa shape index (κ1) is 15.4. The Balaban J connectivity index is 1.63. The molecular formula is C17H25NOS. The van der Waals surface area contributed by atoms with E-state index in [1.54, 1.807) is 6.07 Å². The summed E-state index contributed by atoms with van der Waals surface area (Å²) < 4.78 is 0. The van der Waals surface area contributed by atoms with Crippen molar-refractivity contribution in [3.8, 4) is 0 Å². The van der Waals surface area contributed by atoms with Crippen molar-refractivity contribution >= 4 is 17.7 Å². The molecule has 0 aliphatic heterocycles. The predicted octanol–water partition coefficient (Wildman–Crippen LogP) is 4.63. The number of rotatable bonds is 7. The molecule has 0 heterocycles. The fourth-order valence-corrected chi connectivity index (χ4v) is 3.91. The maximum Gasteiger partial charge on any atom is 0.248 e. The Hall–Kier alpha value is -0.960. The summed E-state index contributed by atoms with van der Waals surface area (Å²) in [4.78, 5) is 12.3. The number of hydrogen-bond acceptors (Lipinski definition) is 2. The molecule has 0 atom stereocenters. The Morgan fingerprint density at radius 2 is 2.00 bits per heavy atom. The molecule has 20 heavy (non-hydrogen) atoms. The molecule has 0 unspecified atom stereocenters. The van der Waals surface area contributed by atoms with Crippen LogP contribution in [0.2, 0.25) is 0 Å². The van der Waals surface area contributed by atoms with E-state index in [0.717, 1.165) is 16.6 Å². The van der Waals surface area contributed by atoms with Crippen molar-refractivity contribution in [2.24, 2.45) is 11.7 Å². The lowest BCUT2D eigenvalue weighted by atomic mass is 9.86. The number of benzene rings is 1. The lowest BCUT2D eigenvalue weighted by molar-refractivity contribution is 0.1000. The number of amides is 1. The maximum absolute atomic E-state index is 11.1. The van der Waals surface area contributed by atoms with Crippen LogP contribution in [0.25, 0.3) is 0 Å². The number of thioether (sulfide) groups is 1. The number of nitrogens with two attached hydrogens (primary N) is 1. The summed E-state index contributed by atoms with van der Waals surface area (Å²) in [6.07, 6.45) is 11.2. The molecule has 2 N–H and O–H groups in total. The summed E-state index contributed by atoms with van der Waals surface area (Å²) in [6, 6.07) is 7.63. The Labute approximate surface area is 126 Å². The average molecular weight is 291 g/mol. The fourth-order valence-electron chi connectivity index (χ4n) is 2.94. The summed E-state index contributed by atoms with van der Waals surface area (Å²) >= 11 is 1.83. The molecular weight excluding hydrogens is 266 g/mol. The van der Waals surface area contributed by atoms with Crippen LogP contribution >= 0.6 is 11.8 Å². The van der Waals surface area contributed by atoms with Gasteiger partial charge in [0.05, 0.1) is 0 Å². The van der Waals surface area contributed by atoms with E-state index in [4.69, 9.17) is 5.73 Å². The van der Waals surface area contributed by atoms with Gasteiger partial charge in [-0.2, -0.15) is 0 Å². The van der Waals surface area contributed by atoms with E-state index in [2.05, 4.69) is 6.07 Å². The van der Waals surface area contributed by atoms with E-state index in [1.807, 2.05) is 23.9 Å². The summed E-state index contributed by atoms with van der Waals surface area (Å²) in [6.45, 7) is 0. The lowest BCUT2D eigenvalue weighted by Gasteiger charge is -2.21. The van der Waals surface area contributed by atoms with Crippen LogP contribution < -0.4 is 5.73 Å². The first-order valence-corrected chi connectivity index (χ1v) is 8.77. The molecule has 1 aromatic carbocycles. The molecule has 2 rings (SSSR count). The maximum atomic E-state index is 11.1. The number of primary amides is 1. The van der Waals surface area contributed by atoms with Crippen molar-refractivity contribution in [3.63, 3.8) is 0 Å². The minimum absolute atomic E-state index is 0.343. The number of carbonyl (C=O) groups is 1. The van der Waals surface area contributed by atoms with Crippen molar-refractivity contribution in [1.29, 1.82) is 0 Å². The smallest absolute Gasteiger partial charge is 0.248 e. The highest BCUT2D eigenvalue weighted by Gasteiger charge is 2.12. The topological polar surface area (TPSA) is 43.1 Å². The molecule has 2 nitrogen and oxygen atoms in total. The van der Waals surface area contributed by atoms with Crippen LogP contribution in [0.5, 0.6) is 0 Å². The molecule has 0 radical (unpaired) electrons. The second kappa shape index (κ2) is 8.35. The van der Waals surface area contributed by atoms with Crippen molar-refractivity contribution in [2.45, 2.75) is 56.3 Å². The monoisotopic (exact) mass is 291 g/mol. The van der Waals surface area contributed by atoms with Gasteiger partial charge >= 0.3 is 0 Å². The molecule has 1 saturated carbocycles. The third kappa shape index (κ3) is 5.20. The second-order valence-corrected chi connectivity index (χ2v) is 6.91. The van der Waals surface area contributed by atoms with Gasteiger partial charge in [0.15, 0.2) is 0 Å². The molecule has 0 aromatic heterocycles. The minimum atomic E-state index is -0.343. The summed E-state index contributed by atoms with van der Waals surface area (Å²) in [5, 5.41) is 0. The predicted molar refractivity (Wildman–Crippen MR) is 86.1 cm³/mol. The van der Waals surface area contributed by atoms with E-state index in [0.29, 0.717) is 5.56 Å². The van der Waals surface area contributed by atoms with Gasteiger partial charge in [-0.05, 0) is 36.3 Å². The Morgan fingerprint density at radius 3 is 2.75 bits per heavy atom. The normalized spacial score (nSPS) is 16.2. The van der Waals surface area contributed by atoms with E-state index >= 15 is 0 Å². The largest absolute Gasteiger partial charge is 0.366 e. The molecule has 3 heteroatoms. The van der Waals surface area contributed by atoms with Crippen molar-refractivity contribution in [3.05, 3.63) is 29.8 Å². The van der Waals surface area contributed by atoms with Crippen LogP contribution in [0, 0.1) is 5.92 Å². The Kier molecular flexibility index (Phi) is 6.44. The molecule has 1 fully saturated rings. The van der Waals surface area contributed by atoms with Crippen molar-refractivity contribution in [1.82, 2.24) is 0 Å². The first-order valence-electron chi connectivity index (χ1n) is 7.78. The van der Waals surface area contributed by atoms with Gasteiger partial charge in [-0.15, -0.1) is 11.8 Å². The zero-order valence-corrected chi connectivity index (χ0v) is 13.0. The van der Waals surface area contributed by atoms with Crippen LogP contribution in [-0.4, -0.2) is 11.7 Å². The van der Waals surface area contributed by atoms with Crippen molar-refractivity contribution < 1.29 is 4.79 Å². The van der Waals surface area contributed by atoms with Gasteiger partial charge in [-0.1, -0.05) is 51.0 Å². The molecule has 0 bridgehead atoms. The SMILES string of the molecule is NC(=O)c1cccc(SCCCCC2CCCCC2)c1. The minimum Gasteiger partial charge on any atom is -0.366 e. The zero-order chi connectivity index (χ0) is 14.2. The highest BCUT2D eigenvalue weighted by molar-refractivity contribution is 7.99. The Morgan fingerprint density at radius 1 is 1.20 bits per heavy atom. The van der Waals surface area contributed by atoms with E-state index in [-0.39, 0.29) is 5.91 Å². The van der Waals surface area contributed by atoms with Crippen LogP contribution in [-0.2, 0) is 0 Å². The molecule has 110 valence electrons. The molecule has 1 aliphatic rings. The third-order valence-corrected chi connectivity index (χ3v) is 5.20. The number of unbranched alkanes of at least 4 members (excludes halogenated alkanes) is 1. The lowest BCUT2D eigenvalue weighted by Crippen LogP contribution is -2.10. The van der Waals surface area contributed by atoms with E-state index in [9.17, 15) is 4.79 Å². The van der Waals surface area contributed by atoms with Gasteiger partial charge in [-0.25, -0.2) is 0 Å². The van der Waals surface area contributed by atoms with Crippen LogP contribution in [0.3, 0.4) is 0 Å². The Bertz CT molecular complexity index is 427. The fraction of sp³-hybridized carbons (Fsp3) is 0.588. The van der Waals surface area contributed by atoms with E-state index in [1.165, 1.54) is 51.4 Å². The average Bonchev–Trinajstić information content (AvgIpc) is 2.48. The van der Waals surface area contributed by atoms with Gasteiger partial charge in [0.25, 0.3) is 0 Å². The molecule has 0 spiro atoms. The molecule has 0 saturated heterocycles. The van der Waals surface area contributed by atoms with Crippen molar-refractivity contribution in [2.75, 3.05) is 5.75 Å². The van der Waals surface area contributed by atoms with Crippen LogP contribution in [0.15, 0.2) is 29.2 Å². The van der Waals surface area contributed by atoms with Gasteiger partial charge in [0, 0.05) is 10.5 Å². The highest BCUT2D eigenvalue weighted by Crippen LogP contribution is 2.28.